The number of carbonyl (C=O) groups excluding carboxylic acids is 1. The number of carbonyl (C=O) groups is 1. The van der Waals surface area contributed by atoms with Crippen molar-refractivity contribution in [1.29, 1.82) is 0 Å². The predicted molar refractivity (Wildman–Crippen MR) is 54.5 cm³/mol. The summed E-state index contributed by atoms with van der Waals surface area (Å²) >= 11 is 0. The smallest absolute Gasteiger partial charge is 0.219 e. The Balaban J connectivity index is 2.61. The van der Waals surface area contributed by atoms with Crippen molar-refractivity contribution >= 4 is 5.91 Å². The van der Waals surface area contributed by atoms with Crippen molar-refractivity contribution in [3.63, 3.8) is 0 Å². The number of hydrogen-bond acceptors (Lipinski definition) is 1. The van der Waals surface area contributed by atoms with E-state index in [1.165, 1.54) is 25.7 Å². The maximum Gasteiger partial charge on any atom is 0.219 e. The quantitative estimate of drug-likeness (QED) is 0.644. The molecule has 0 aliphatic carbocycles. The number of hydrogen-bond donors (Lipinski definition) is 0. The highest BCUT2D eigenvalue weighted by Gasteiger charge is 2.27. The van der Waals surface area contributed by atoms with Crippen molar-refractivity contribution in [3.8, 4) is 0 Å². The molecule has 0 aromatic rings. The van der Waals surface area contributed by atoms with Crippen LogP contribution >= 0.6 is 0 Å². The average molecular weight is 183 g/mol. The van der Waals surface area contributed by atoms with E-state index < -0.39 is 0 Å². The molecule has 1 fully saturated rings. The lowest BCUT2D eigenvalue weighted by Crippen LogP contribution is -2.45. The molecule has 2 unspecified atom stereocenters. The number of likely N-dealkylation sites (tertiary alicyclic amines) is 1. The van der Waals surface area contributed by atoms with Gasteiger partial charge in [-0.1, -0.05) is 20.3 Å². The first-order chi connectivity index (χ1) is 6.16. The molecule has 0 saturated carbocycles. The van der Waals surface area contributed by atoms with E-state index in [1.54, 1.807) is 6.92 Å². The van der Waals surface area contributed by atoms with Crippen LogP contribution in [-0.4, -0.2) is 23.4 Å². The van der Waals surface area contributed by atoms with E-state index in [1.807, 2.05) is 0 Å². The second kappa shape index (κ2) is 4.64. The largest absolute Gasteiger partial charge is 0.340 e. The second-order valence-electron chi connectivity index (χ2n) is 4.16. The van der Waals surface area contributed by atoms with E-state index >= 15 is 0 Å². The molecule has 0 spiro atoms. The molecule has 1 rings (SSSR count). The molecule has 0 N–H and O–H groups in total. The van der Waals surface area contributed by atoms with Gasteiger partial charge in [-0.25, -0.2) is 0 Å². The molecule has 1 saturated heterocycles. The Labute approximate surface area is 81.3 Å². The number of rotatable bonds is 2. The Morgan fingerprint density at radius 1 is 1.54 bits per heavy atom. The van der Waals surface area contributed by atoms with Gasteiger partial charge >= 0.3 is 0 Å². The van der Waals surface area contributed by atoms with Crippen LogP contribution in [0, 0.1) is 5.92 Å². The standard InChI is InChI=1S/C11H21NO/c1-4-9(2)11-7-5-6-8-12(11)10(3)13/h9,11H,4-8H2,1-3H3. The maximum atomic E-state index is 11.4. The van der Waals surface area contributed by atoms with Gasteiger partial charge in [-0.05, 0) is 25.2 Å². The van der Waals surface area contributed by atoms with E-state index in [2.05, 4.69) is 18.7 Å². The molecule has 76 valence electrons. The molecule has 0 bridgehead atoms. The number of amides is 1. The fourth-order valence-electron chi connectivity index (χ4n) is 2.21. The van der Waals surface area contributed by atoms with Crippen LogP contribution in [0.15, 0.2) is 0 Å². The first kappa shape index (κ1) is 10.6. The van der Waals surface area contributed by atoms with Gasteiger partial charge in [0, 0.05) is 19.5 Å². The zero-order valence-corrected chi connectivity index (χ0v) is 9.05. The molecule has 0 aromatic carbocycles. The van der Waals surface area contributed by atoms with Crippen molar-refractivity contribution in [3.05, 3.63) is 0 Å². The zero-order valence-electron chi connectivity index (χ0n) is 9.05. The summed E-state index contributed by atoms with van der Waals surface area (Å²) in [5.74, 6) is 0.911. The SMILES string of the molecule is CCC(C)C1CCCCN1C(C)=O. The molecule has 13 heavy (non-hydrogen) atoms. The molecule has 1 heterocycles. The monoisotopic (exact) mass is 183 g/mol. The molecule has 2 nitrogen and oxygen atoms in total. The Morgan fingerprint density at radius 2 is 2.23 bits per heavy atom. The van der Waals surface area contributed by atoms with Gasteiger partial charge in [0.25, 0.3) is 0 Å². The lowest BCUT2D eigenvalue weighted by Gasteiger charge is -2.38. The highest BCUT2D eigenvalue weighted by molar-refractivity contribution is 5.73. The molecular formula is C11H21NO. The molecule has 1 aliphatic heterocycles. The predicted octanol–water partition coefficient (Wildman–Crippen LogP) is 2.43. The van der Waals surface area contributed by atoms with Gasteiger partial charge in [-0.2, -0.15) is 0 Å². The van der Waals surface area contributed by atoms with Crippen molar-refractivity contribution in [1.82, 2.24) is 4.90 Å². The van der Waals surface area contributed by atoms with Crippen molar-refractivity contribution in [2.75, 3.05) is 6.54 Å². The van der Waals surface area contributed by atoms with Gasteiger partial charge in [0.05, 0.1) is 0 Å². The van der Waals surface area contributed by atoms with E-state index in [-0.39, 0.29) is 5.91 Å². The Bertz CT molecular complexity index is 179. The molecule has 0 radical (unpaired) electrons. The first-order valence-corrected chi connectivity index (χ1v) is 5.44. The van der Waals surface area contributed by atoms with Gasteiger partial charge in [0.15, 0.2) is 0 Å². The summed E-state index contributed by atoms with van der Waals surface area (Å²) in [5, 5.41) is 0. The van der Waals surface area contributed by atoms with Gasteiger partial charge in [0.2, 0.25) is 5.91 Å². The van der Waals surface area contributed by atoms with E-state index in [0.717, 1.165) is 6.54 Å². The summed E-state index contributed by atoms with van der Waals surface area (Å²) in [7, 11) is 0. The fraction of sp³-hybridized carbons (Fsp3) is 0.909. The van der Waals surface area contributed by atoms with E-state index in [0.29, 0.717) is 12.0 Å². The average Bonchev–Trinajstić information content (AvgIpc) is 2.16. The third-order valence-corrected chi connectivity index (χ3v) is 3.25. The third-order valence-electron chi connectivity index (χ3n) is 3.25. The van der Waals surface area contributed by atoms with Crippen LogP contribution < -0.4 is 0 Å². The molecule has 1 aliphatic rings. The highest BCUT2D eigenvalue weighted by Crippen LogP contribution is 2.24. The van der Waals surface area contributed by atoms with Gasteiger partial charge in [0.1, 0.15) is 0 Å². The number of nitrogens with zero attached hydrogens (tertiary/aromatic N) is 1. The van der Waals surface area contributed by atoms with Crippen molar-refractivity contribution < 1.29 is 4.79 Å². The number of piperidine rings is 1. The zero-order chi connectivity index (χ0) is 9.84. The van der Waals surface area contributed by atoms with Gasteiger partial charge in [-0.15, -0.1) is 0 Å². The maximum absolute atomic E-state index is 11.4. The summed E-state index contributed by atoms with van der Waals surface area (Å²) in [4.78, 5) is 13.4. The topological polar surface area (TPSA) is 20.3 Å². The Hall–Kier alpha value is -0.530. The molecular weight excluding hydrogens is 162 g/mol. The van der Waals surface area contributed by atoms with Crippen molar-refractivity contribution in [2.24, 2.45) is 5.92 Å². The lowest BCUT2D eigenvalue weighted by atomic mass is 9.90. The lowest BCUT2D eigenvalue weighted by molar-refractivity contribution is -0.133. The minimum atomic E-state index is 0.255. The molecule has 0 aromatic heterocycles. The van der Waals surface area contributed by atoms with Crippen LogP contribution in [-0.2, 0) is 4.79 Å². The van der Waals surface area contributed by atoms with Crippen LogP contribution in [0.2, 0.25) is 0 Å². The normalized spacial score (nSPS) is 25.8. The molecule has 1 amide bonds. The van der Waals surface area contributed by atoms with Gasteiger partial charge < -0.3 is 4.90 Å². The highest BCUT2D eigenvalue weighted by atomic mass is 16.2. The Kier molecular flexibility index (Phi) is 3.76. The molecule has 2 atom stereocenters. The summed E-state index contributed by atoms with van der Waals surface area (Å²) in [6, 6.07) is 0.510. The first-order valence-electron chi connectivity index (χ1n) is 5.44. The fourth-order valence-corrected chi connectivity index (χ4v) is 2.21. The van der Waals surface area contributed by atoms with Crippen LogP contribution in [0.25, 0.3) is 0 Å². The van der Waals surface area contributed by atoms with E-state index in [4.69, 9.17) is 0 Å². The summed E-state index contributed by atoms with van der Waals surface area (Å²) in [6.45, 7) is 7.13. The second-order valence-corrected chi connectivity index (χ2v) is 4.16. The summed E-state index contributed by atoms with van der Waals surface area (Å²) in [6.07, 6.45) is 4.86. The minimum absolute atomic E-state index is 0.255. The van der Waals surface area contributed by atoms with Crippen LogP contribution in [0.5, 0.6) is 0 Å². The summed E-state index contributed by atoms with van der Waals surface area (Å²) in [5.41, 5.74) is 0. The van der Waals surface area contributed by atoms with Crippen LogP contribution in [0.3, 0.4) is 0 Å². The van der Waals surface area contributed by atoms with Gasteiger partial charge in [-0.3, -0.25) is 4.79 Å². The minimum Gasteiger partial charge on any atom is -0.340 e. The third kappa shape index (κ3) is 2.45. The van der Waals surface area contributed by atoms with Crippen molar-refractivity contribution in [2.45, 2.75) is 52.5 Å². The molecule has 2 heteroatoms. The Morgan fingerprint density at radius 3 is 2.77 bits per heavy atom. The van der Waals surface area contributed by atoms with E-state index in [9.17, 15) is 4.79 Å². The van der Waals surface area contributed by atoms with Crippen LogP contribution in [0.4, 0.5) is 0 Å². The summed E-state index contributed by atoms with van der Waals surface area (Å²) < 4.78 is 0. The van der Waals surface area contributed by atoms with Crippen LogP contribution in [0.1, 0.15) is 46.5 Å².